The molecule has 0 fully saturated rings. The van der Waals surface area contributed by atoms with E-state index in [4.69, 9.17) is 23.1 Å². The molecular weight excluding hydrogens is 323 g/mol. The molecule has 1 aromatic rings. The van der Waals surface area contributed by atoms with Crippen molar-refractivity contribution in [3.63, 3.8) is 0 Å². The van der Waals surface area contributed by atoms with Crippen molar-refractivity contribution < 1.29 is 36.3 Å². The first-order valence-corrected chi connectivity index (χ1v) is 7.55. The molecule has 0 aliphatic rings. The molecule has 2 N–H and O–H groups in total. The van der Waals surface area contributed by atoms with E-state index in [-0.39, 0.29) is 0 Å². The zero-order valence-corrected chi connectivity index (χ0v) is 13.2. The van der Waals surface area contributed by atoms with E-state index in [1.807, 2.05) is 0 Å². The van der Waals surface area contributed by atoms with Gasteiger partial charge in [-0.15, -0.1) is 0 Å². The Balaban J connectivity index is 0.000000472. The summed E-state index contributed by atoms with van der Waals surface area (Å²) in [5, 5.41) is 5.60. The third kappa shape index (κ3) is 7.41. The molecule has 0 saturated heterocycles. The number of benzene rings is 1. The molecule has 0 radical (unpaired) electrons. The van der Waals surface area contributed by atoms with Crippen LogP contribution >= 0.6 is 0 Å². The highest BCUT2D eigenvalue weighted by Crippen LogP contribution is 2.20. The summed E-state index contributed by atoms with van der Waals surface area (Å²) in [5.41, 5.74) is -3.11. The van der Waals surface area contributed by atoms with Gasteiger partial charge in [-0.3, -0.25) is 0 Å². The van der Waals surface area contributed by atoms with Crippen LogP contribution in [0.2, 0.25) is 0 Å². The lowest BCUT2D eigenvalue weighted by atomic mass is 10.0. The minimum atomic E-state index is -6.09. The van der Waals surface area contributed by atoms with Crippen LogP contribution in [0.3, 0.4) is 0 Å². The Hall–Kier alpha value is -1.61. The van der Waals surface area contributed by atoms with Gasteiger partial charge in [-0.05, 0) is 17.0 Å². The minimum absolute atomic E-state index is 0.558. The third-order valence-electron chi connectivity index (χ3n) is 2.57. The average molecular weight is 341 g/mol. The SMILES string of the molecule is COC(=[NH2+])Cc1ccc(C(C)C)cc1.O=S(=O)([O-])C(F)(F)F. The van der Waals surface area contributed by atoms with Crippen LogP contribution in [0, 0.1) is 0 Å². The fourth-order valence-electron chi connectivity index (χ4n) is 1.29. The molecule has 0 atom stereocenters. The van der Waals surface area contributed by atoms with Gasteiger partial charge >= 0.3 is 11.4 Å². The molecule has 0 heterocycles. The molecule has 9 heteroatoms. The molecule has 5 nitrogen and oxygen atoms in total. The van der Waals surface area contributed by atoms with Crippen LogP contribution in [0.15, 0.2) is 24.3 Å². The number of hydrogen-bond acceptors (Lipinski definition) is 4. The van der Waals surface area contributed by atoms with E-state index in [1.54, 1.807) is 7.11 Å². The van der Waals surface area contributed by atoms with Crippen molar-refractivity contribution in [2.75, 3.05) is 7.11 Å². The quantitative estimate of drug-likeness (QED) is 0.387. The van der Waals surface area contributed by atoms with Crippen LogP contribution in [0.5, 0.6) is 0 Å². The minimum Gasteiger partial charge on any atom is -0.741 e. The van der Waals surface area contributed by atoms with Gasteiger partial charge in [-0.2, -0.15) is 13.2 Å². The van der Waals surface area contributed by atoms with Gasteiger partial charge in [-0.25, -0.2) is 13.8 Å². The monoisotopic (exact) mass is 341 g/mol. The van der Waals surface area contributed by atoms with Crippen LogP contribution < -0.4 is 5.41 Å². The van der Waals surface area contributed by atoms with Crippen molar-refractivity contribution >= 4 is 16.0 Å². The highest BCUT2D eigenvalue weighted by atomic mass is 32.2. The van der Waals surface area contributed by atoms with Crippen molar-refractivity contribution in [2.45, 2.75) is 31.7 Å². The first-order valence-electron chi connectivity index (χ1n) is 6.14. The van der Waals surface area contributed by atoms with Crippen molar-refractivity contribution in [3.05, 3.63) is 35.4 Å². The molecule has 0 aliphatic heterocycles. The molecule has 126 valence electrons. The maximum absolute atomic E-state index is 10.7. The predicted molar refractivity (Wildman–Crippen MR) is 73.9 cm³/mol. The molecule has 0 aliphatic carbocycles. The second-order valence-corrected chi connectivity index (χ2v) is 6.01. The van der Waals surface area contributed by atoms with E-state index in [0.29, 0.717) is 18.2 Å². The largest absolute Gasteiger partial charge is 0.741 e. The number of hydrogen-bond donors (Lipinski definition) is 1. The van der Waals surface area contributed by atoms with E-state index in [1.165, 1.54) is 11.1 Å². The van der Waals surface area contributed by atoms with Crippen LogP contribution in [0.25, 0.3) is 0 Å². The van der Waals surface area contributed by atoms with Crippen LogP contribution in [0.1, 0.15) is 30.9 Å². The van der Waals surface area contributed by atoms with Gasteiger partial charge in [-0.1, -0.05) is 38.1 Å². The molecule has 22 heavy (non-hydrogen) atoms. The topological polar surface area (TPSA) is 92.0 Å². The number of ether oxygens (including phenoxy) is 1. The standard InChI is InChI=1S/C12H17NO.CHF3O3S/c1-9(2)11-6-4-10(5-7-11)8-12(13)14-3;2-1(3,4)8(5,6)7/h4-7,9,13H,8H2,1-3H3;(H,5,6,7). The summed E-state index contributed by atoms with van der Waals surface area (Å²) >= 11 is 0. The first-order chi connectivity index (χ1) is 9.88. The fourth-order valence-corrected chi connectivity index (χ4v) is 1.29. The summed E-state index contributed by atoms with van der Waals surface area (Å²) in [4.78, 5) is 0. The summed E-state index contributed by atoms with van der Waals surface area (Å²) < 4.78 is 63.8. The molecule has 0 bridgehead atoms. The Kier molecular flexibility index (Phi) is 7.54. The van der Waals surface area contributed by atoms with E-state index in [9.17, 15) is 13.2 Å². The highest BCUT2D eigenvalue weighted by molar-refractivity contribution is 7.86. The van der Waals surface area contributed by atoms with E-state index < -0.39 is 15.6 Å². The normalized spacial score (nSPS) is 11.6. The number of halogens is 3. The van der Waals surface area contributed by atoms with Gasteiger partial charge in [0, 0.05) is 0 Å². The zero-order valence-electron chi connectivity index (χ0n) is 12.3. The van der Waals surface area contributed by atoms with E-state index in [2.05, 4.69) is 38.1 Å². The number of rotatable bonds is 3. The van der Waals surface area contributed by atoms with E-state index >= 15 is 0 Å². The van der Waals surface area contributed by atoms with E-state index in [0.717, 1.165) is 0 Å². The van der Waals surface area contributed by atoms with Gasteiger partial charge in [0.15, 0.2) is 10.1 Å². The molecule has 1 rings (SSSR count). The first kappa shape index (κ1) is 20.4. The summed E-state index contributed by atoms with van der Waals surface area (Å²) in [6.07, 6.45) is 0.689. The second-order valence-electron chi connectivity index (χ2n) is 4.64. The van der Waals surface area contributed by atoms with Gasteiger partial charge in [0.1, 0.15) is 0 Å². The third-order valence-corrected chi connectivity index (χ3v) is 3.14. The Morgan fingerprint density at radius 2 is 1.68 bits per heavy atom. The van der Waals surface area contributed by atoms with Gasteiger partial charge in [0.05, 0.1) is 13.5 Å². The number of nitrogens with two attached hydrogens (primary N) is 1. The molecule has 1 aromatic carbocycles. The van der Waals surface area contributed by atoms with Gasteiger partial charge in [0.2, 0.25) is 0 Å². The summed E-state index contributed by atoms with van der Waals surface area (Å²) in [6.45, 7) is 4.37. The lowest BCUT2D eigenvalue weighted by Crippen LogP contribution is -2.42. The zero-order chi connectivity index (χ0) is 17.6. The lowest BCUT2D eigenvalue weighted by molar-refractivity contribution is -0.139. The van der Waals surface area contributed by atoms with Crippen molar-refractivity contribution in [2.24, 2.45) is 0 Å². The highest BCUT2D eigenvalue weighted by Gasteiger charge is 2.36. The Morgan fingerprint density at radius 1 is 1.27 bits per heavy atom. The Morgan fingerprint density at radius 3 is 1.95 bits per heavy atom. The summed E-state index contributed by atoms with van der Waals surface area (Å²) in [5.74, 6) is 1.13. The molecule has 0 saturated carbocycles. The maximum Gasteiger partial charge on any atom is 0.485 e. The molecule has 0 aromatic heterocycles. The molecule has 0 spiro atoms. The van der Waals surface area contributed by atoms with Crippen molar-refractivity contribution in [1.82, 2.24) is 0 Å². The Bertz CT molecular complexity index is 580. The van der Waals surface area contributed by atoms with Crippen LogP contribution in [-0.4, -0.2) is 31.5 Å². The maximum atomic E-state index is 10.7. The molecule has 0 unspecified atom stereocenters. The van der Waals surface area contributed by atoms with Crippen molar-refractivity contribution in [3.8, 4) is 0 Å². The van der Waals surface area contributed by atoms with Crippen LogP contribution in [0.4, 0.5) is 13.2 Å². The van der Waals surface area contributed by atoms with Gasteiger partial charge < -0.3 is 9.29 Å². The smallest absolute Gasteiger partial charge is 0.485 e. The number of methoxy groups -OCH3 is 1. The lowest BCUT2D eigenvalue weighted by Gasteiger charge is -2.08. The average Bonchev–Trinajstić information content (AvgIpc) is 2.37. The molecule has 0 amide bonds. The molecular formula is C13H18F3NO4S. The van der Waals surface area contributed by atoms with Gasteiger partial charge in [0.25, 0.3) is 0 Å². The fraction of sp³-hybridized carbons (Fsp3) is 0.462. The summed E-state index contributed by atoms with van der Waals surface area (Å²) in [7, 11) is -4.50. The van der Waals surface area contributed by atoms with Crippen molar-refractivity contribution in [1.29, 1.82) is 0 Å². The summed E-state index contributed by atoms with van der Waals surface area (Å²) in [6, 6.07) is 8.48. The Labute approximate surface area is 127 Å². The number of alkyl halides is 3. The van der Waals surface area contributed by atoms with Crippen LogP contribution in [-0.2, 0) is 21.3 Å². The predicted octanol–water partition coefficient (Wildman–Crippen LogP) is 1.21. The second kappa shape index (κ2) is 8.14.